The standard InChI is InChI=1S/C12H16N4OS.K.H/c1-17-9-4-2-8(3-5-9)6-10-11(13)15-7-16(18)12(10)14;;/h2-5,18H,6-7,14H2,1H3,(H2,13,15);;/q;+1;-1. The molecule has 5 nitrogen and oxygen atoms in total. The molecule has 1 aromatic rings. The fourth-order valence-corrected chi connectivity index (χ4v) is 1.91. The molecule has 7 heteroatoms. The van der Waals surface area contributed by atoms with Crippen LogP contribution in [0.3, 0.4) is 0 Å². The Morgan fingerprint density at radius 1 is 1.37 bits per heavy atom. The third-order valence-electron chi connectivity index (χ3n) is 2.81. The van der Waals surface area contributed by atoms with Crippen molar-refractivity contribution in [3.63, 3.8) is 0 Å². The fourth-order valence-electron chi connectivity index (χ4n) is 1.73. The maximum absolute atomic E-state index is 5.96. The number of benzene rings is 1. The van der Waals surface area contributed by atoms with Crippen molar-refractivity contribution in [2.24, 2.45) is 16.5 Å². The molecule has 19 heavy (non-hydrogen) atoms. The zero-order valence-corrected chi connectivity index (χ0v) is 15.1. The summed E-state index contributed by atoms with van der Waals surface area (Å²) in [5.74, 6) is 1.86. The van der Waals surface area contributed by atoms with Gasteiger partial charge in [0.25, 0.3) is 0 Å². The number of hydrogen-bond acceptors (Lipinski definition) is 6. The number of hydrogen-bond donors (Lipinski definition) is 3. The molecule has 0 unspecified atom stereocenters. The van der Waals surface area contributed by atoms with Gasteiger partial charge in [-0.1, -0.05) is 24.9 Å². The van der Waals surface area contributed by atoms with Gasteiger partial charge in [-0.25, -0.2) is 4.99 Å². The van der Waals surface area contributed by atoms with E-state index in [4.69, 9.17) is 16.2 Å². The van der Waals surface area contributed by atoms with E-state index in [0.29, 0.717) is 24.7 Å². The monoisotopic (exact) mass is 304 g/mol. The summed E-state index contributed by atoms with van der Waals surface area (Å²) < 4.78 is 6.69. The Kier molecular flexibility index (Phi) is 6.71. The van der Waals surface area contributed by atoms with Gasteiger partial charge in [-0.2, -0.15) is 0 Å². The molecule has 1 heterocycles. The van der Waals surface area contributed by atoms with Crippen molar-refractivity contribution < 1.29 is 57.5 Å². The third kappa shape index (κ3) is 4.14. The zero-order chi connectivity index (χ0) is 13.1. The minimum atomic E-state index is 0. The SMILES string of the molecule is COc1ccc(CC2=C(N)N(S)CN=C2N)cc1.[H-].[K+]. The summed E-state index contributed by atoms with van der Waals surface area (Å²) in [6.45, 7) is 0.382. The molecule has 1 aromatic carbocycles. The first-order chi connectivity index (χ1) is 8.61. The summed E-state index contributed by atoms with van der Waals surface area (Å²) in [7, 11) is 1.64. The van der Waals surface area contributed by atoms with E-state index in [9.17, 15) is 0 Å². The molecule has 0 aliphatic carbocycles. The van der Waals surface area contributed by atoms with E-state index in [1.165, 1.54) is 0 Å². The second-order valence-electron chi connectivity index (χ2n) is 3.97. The molecular formula is C12H17KN4OS. The first kappa shape index (κ1) is 16.9. The van der Waals surface area contributed by atoms with Crippen LogP contribution in [0.25, 0.3) is 0 Å². The van der Waals surface area contributed by atoms with E-state index in [1.807, 2.05) is 24.3 Å². The molecular weight excluding hydrogens is 287 g/mol. The van der Waals surface area contributed by atoms with Crippen molar-refractivity contribution in [2.75, 3.05) is 13.8 Å². The molecule has 1 aliphatic rings. The van der Waals surface area contributed by atoms with Crippen molar-refractivity contribution in [1.82, 2.24) is 4.31 Å². The maximum Gasteiger partial charge on any atom is 1.00 e. The number of rotatable bonds is 3. The van der Waals surface area contributed by atoms with E-state index in [1.54, 1.807) is 11.4 Å². The van der Waals surface area contributed by atoms with Crippen molar-refractivity contribution >= 4 is 18.7 Å². The average Bonchev–Trinajstić information content (AvgIpc) is 2.40. The van der Waals surface area contributed by atoms with Crippen LogP contribution >= 0.6 is 12.8 Å². The van der Waals surface area contributed by atoms with Gasteiger partial charge in [0.05, 0.1) is 7.11 Å². The number of ether oxygens (including phenoxy) is 1. The molecule has 0 radical (unpaired) electrons. The second kappa shape index (κ2) is 7.56. The molecule has 4 N–H and O–H groups in total. The Hall–Kier alpha value is -0.184. The Morgan fingerprint density at radius 3 is 2.58 bits per heavy atom. The number of nitrogens with zero attached hydrogens (tertiary/aromatic N) is 2. The molecule has 98 valence electrons. The van der Waals surface area contributed by atoms with Crippen LogP contribution in [-0.4, -0.2) is 23.9 Å². The van der Waals surface area contributed by atoms with Gasteiger partial charge in [-0.15, -0.1) is 0 Å². The minimum absolute atomic E-state index is 0. The molecule has 0 spiro atoms. The number of methoxy groups -OCH3 is 1. The zero-order valence-electron chi connectivity index (χ0n) is 12.1. The van der Waals surface area contributed by atoms with Gasteiger partial charge in [-0.3, -0.25) is 4.31 Å². The summed E-state index contributed by atoms with van der Waals surface area (Å²) in [6.07, 6.45) is 0.627. The van der Waals surface area contributed by atoms with Crippen LogP contribution in [0.1, 0.15) is 6.99 Å². The van der Waals surface area contributed by atoms with Crippen molar-refractivity contribution in [3.8, 4) is 5.75 Å². The van der Waals surface area contributed by atoms with Crippen LogP contribution < -0.4 is 67.6 Å². The van der Waals surface area contributed by atoms with Crippen LogP contribution in [0.15, 0.2) is 40.7 Å². The topological polar surface area (TPSA) is 76.9 Å². The van der Waals surface area contributed by atoms with Gasteiger partial charge in [0.2, 0.25) is 0 Å². The van der Waals surface area contributed by atoms with Crippen LogP contribution in [0.2, 0.25) is 0 Å². The molecule has 0 saturated carbocycles. The van der Waals surface area contributed by atoms with E-state index >= 15 is 0 Å². The van der Waals surface area contributed by atoms with Crippen LogP contribution in [0, 0.1) is 0 Å². The summed E-state index contributed by atoms with van der Waals surface area (Å²) in [5, 5.41) is 0. The van der Waals surface area contributed by atoms with Crippen molar-refractivity contribution in [3.05, 3.63) is 41.2 Å². The van der Waals surface area contributed by atoms with Gasteiger partial charge >= 0.3 is 51.4 Å². The molecule has 0 aromatic heterocycles. The Morgan fingerprint density at radius 2 is 2.00 bits per heavy atom. The van der Waals surface area contributed by atoms with Crippen LogP contribution in [0.5, 0.6) is 5.75 Å². The Balaban J connectivity index is 0.00000180. The number of amidine groups is 1. The smallest absolute Gasteiger partial charge is 1.00 e. The molecule has 0 saturated heterocycles. The number of thiol groups is 1. The molecule has 0 amide bonds. The van der Waals surface area contributed by atoms with E-state index in [-0.39, 0.29) is 52.8 Å². The van der Waals surface area contributed by atoms with E-state index in [2.05, 4.69) is 17.8 Å². The molecule has 0 fully saturated rings. The van der Waals surface area contributed by atoms with E-state index in [0.717, 1.165) is 16.9 Å². The summed E-state index contributed by atoms with van der Waals surface area (Å²) in [6, 6.07) is 7.76. The van der Waals surface area contributed by atoms with Gasteiger partial charge in [-0.05, 0) is 17.7 Å². The molecule has 0 bridgehead atoms. The second-order valence-corrected chi connectivity index (χ2v) is 4.46. The third-order valence-corrected chi connectivity index (χ3v) is 3.15. The Bertz CT molecular complexity index is 507. The first-order valence-electron chi connectivity index (χ1n) is 5.50. The van der Waals surface area contributed by atoms with Gasteiger partial charge in [0.1, 0.15) is 24.1 Å². The fraction of sp³-hybridized carbons (Fsp3) is 0.250. The first-order valence-corrected chi connectivity index (χ1v) is 5.90. The van der Waals surface area contributed by atoms with Crippen LogP contribution in [-0.2, 0) is 6.42 Å². The molecule has 0 atom stereocenters. The maximum atomic E-state index is 5.96. The van der Waals surface area contributed by atoms with Gasteiger partial charge in [0.15, 0.2) is 0 Å². The predicted molar refractivity (Wildman–Crippen MR) is 76.3 cm³/mol. The molecule has 2 rings (SSSR count). The normalized spacial score (nSPS) is 14.8. The number of aliphatic imine (C=N–C) groups is 1. The van der Waals surface area contributed by atoms with Crippen molar-refractivity contribution in [2.45, 2.75) is 6.42 Å². The summed E-state index contributed by atoms with van der Waals surface area (Å²) >= 11 is 4.22. The quantitative estimate of drug-likeness (QED) is 0.446. The Labute approximate surface area is 162 Å². The summed E-state index contributed by atoms with van der Waals surface area (Å²) in [5.41, 5.74) is 13.7. The molecule has 1 aliphatic heterocycles. The minimum Gasteiger partial charge on any atom is -1.00 e. The van der Waals surface area contributed by atoms with E-state index < -0.39 is 0 Å². The number of nitrogens with two attached hydrogens (primary N) is 2. The van der Waals surface area contributed by atoms with Crippen LogP contribution in [0.4, 0.5) is 0 Å². The van der Waals surface area contributed by atoms with Crippen molar-refractivity contribution in [1.29, 1.82) is 0 Å². The predicted octanol–water partition coefficient (Wildman–Crippen LogP) is -2.00. The summed E-state index contributed by atoms with van der Waals surface area (Å²) in [4.78, 5) is 4.15. The van der Waals surface area contributed by atoms with Gasteiger partial charge < -0.3 is 17.6 Å². The van der Waals surface area contributed by atoms with Gasteiger partial charge in [0, 0.05) is 12.0 Å². The average molecular weight is 304 g/mol. The largest absolute Gasteiger partial charge is 1.00 e.